The first-order valence-corrected chi connectivity index (χ1v) is 4.70. The van der Waals surface area contributed by atoms with Crippen LogP contribution in [-0.2, 0) is 0 Å². The van der Waals surface area contributed by atoms with Crippen LogP contribution >= 0.6 is 0 Å². The van der Waals surface area contributed by atoms with Gasteiger partial charge < -0.3 is 10.1 Å². The number of para-hydroxylation sites is 1. The normalized spacial score (nSPS) is 10.0. The van der Waals surface area contributed by atoms with Crippen LogP contribution in [0.15, 0.2) is 47.5 Å². The Morgan fingerprint density at radius 3 is 2.56 bits per heavy atom. The van der Waals surface area contributed by atoms with Crippen LogP contribution in [0, 0.1) is 0 Å². The summed E-state index contributed by atoms with van der Waals surface area (Å²) in [6, 6.07) is 7.40. The molecule has 0 aliphatic heterocycles. The number of pyridine rings is 1. The standard InChI is InChI=1S/C12H9NO3/c14-10-4-2-1-3-8(10)12(16)9-7-13-6-5-11(9)15/h1-7,14H,(H,13,15). The Labute approximate surface area is 91.2 Å². The lowest BCUT2D eigenvalue weighted by molar-refractivity contribution is 0.103. The van der Waals surface area contributed by atoms with Crippen LogP contribution in [0.3, 0.4) is 0 Å². The molecule has 1 aromatic heterocycles. The van der Waals surface area contributed by atoms with Gasteiger partial charge in [0.15, 0.2) is 5.43 Å². The molecule has 0 saturated heterocycles. The van der Waals surface area contributed by atoms with Gasteiger partial charge in [-0.1, -0.05) is 12.1 Å². The number of nitrogens with one attached hydrogen (secondary N) is 1. The topological polar surface area (TPSA) is 70.2 Å². The Morgan fingerprint density at radius 1 is 1.12 bits per heavy atom. The quantitative estimate of drug-likeness (QED) is 0.742. The van der Waals surface area contributed by atoms with Crippen molar-refractivity contribution in [3.8, 4) is 5.75 Å². The summed E-state index contributed by atoms with van der Waals surface area (Å²) in [6.07, 6.45) is 2.78. The lowest BCUT2D eigenvalue weighted by atomic mass is 10.0. The second kappa shape index (κ2) is 4.02. The predicted molar refractivity (Wildman–Crippen MR) is 58.6 cm³/mol. The maximum absolute atomic E-state index is 11.9. The highest BCUT2D eigenvalue weighted by Crippen LogP contribution is 2.17. The van der Waals surface area contributed by atoms with Crippen molar-refractivity contribution in [2.75, 3.05) is 0 Å². The fraction of sp³-hybridized carbons (Fsp3) is 0. The van der Waals surface area contributed by atoms with Crippen molar-refractivity contribution in [3.05, 3.63) is 64.1 Å². The number of aromatic amines is 1. The summed E-state index contributed by atoms with van der Waals surface area (Å²) in [7, 11) is 0. The van der Waals surface area contributed by atoms with Gasteiger partial charge in [-0.15, -0.1) is 0 Å². The van der Waals surface area contributed by atoms with E-state index < -0.39 is 5.78 Å². The largest absolute Gasteiger partial charge is 0.507 e. The number of carbonyl (C=O) groups excluding carboxylic acids is 1. The van der Waals surface area contributed by atoms with Gasteiger partial charge in [0.2, 0.25) is 5.78 Å². The molecular weight excluding hydrogens is 206 g/mol. The van der Waals surface area contributed by atoms with E-state index in [1.54, 1.807) is 12.1 Å². The number of benzene rings is 1. The van der Waals surface area contributed by atoms with E-state index in [9.17, 15) is 14.7 Å². The smallest absolute Gasteiger partial charge is 0.202 e. The minimum absolute atomic E-state index is 0.0176. The molecule has 0 unspecified atom stereocenters. The minimum atomic E-state index is -0.486. The van der Waals surface area contributed by atoms with Gasteiger partial charge >= 0.3 is 0 Å². The number of aromatic nitrogens is 1. The van der Waals surface area contributed by atoms with Gasteiger partial charge in [0.1, 0.15) is 5.75 Å². The van der Waals surface area contributed by atoms with E-state index in [-0.39, 0.29) is 22.3 Å². The van der Waals surface area contributed by atoms with Gasteiger partial charge in [-0.05, 0) is 12.1 Å². The maximum Gasteiger partial charge on any atom is 0.202 e. The van der Waals surface area contributed by atoms with Crippen molar-refractivity contribution in [3.63, 3.8) is 0 Å². The maximum atomic E-state index is 11.9. The molecule has 0 aliphatic rings. The van der Waals surface area contributed by atoms with Crippen LogP contribution in [0.2, 0.25) is 0 Å². The lowest BCUT2D eigenvalue weighted by Gasteiger charge is -2.02. The fourth-order valence-corrected chi connectivity index (χ4v) is 1.40. The molecule has 4 nitrogen and oxygen atoms in total. The molecule has 80 valence electrons. The van der Waals surface area contributed by atoms with Crippen LogP contribution in [0.1, 0.15) is 15.9 Å². The molecule has 0 amide bonds. The molecule has 2 aromatic rings. The first-order valence-electron chi connectivity index (χ1n) is 4.70. The Balaban J connectivity index is 2.53. The average Bonchev–Trinajstić information content (AvgIpc) is 2.29. The van der Waals surface area contributed by atoms with Gasteiger partial charge in [-0.25, -0.2) is 0 Å². The number of hydrogen-bond acceptors (Lipinski definition) is 3. The molecule has 0 aliphatic carbocycles. The molecule has 2 N–H and O–H groups in total. The SMILES string of the molecule is O=C(c1ccccc1O)c1c[nH]ccc1=O. The van der Waals surface area contributed by atoms with Crippen molar-refractivity contribution in [1.29, 1.82) is 0 Å². The summed E-state index contributed by atoms with van der Waals surface area (Å²) >= 11 is 0. The number of phenolic OH excluding ortho intramolecular Hbond substituents is 1. The molecule has 1 heterocycles. The number of H-pyrrole nitrogens is 1. The minimum Gasteiger partial charge on any atom is -0.507 e. The van der Waals surface area contributed by atoms with Crippen LogP contribution < -0.4 is 5.43 Å². The molecule has 0 fully saturated rings. The third-order valence-corrected chi connectivity index (χ3v) is 2.22. The zero-order valence-electron chi connectivity index (χ0n) is 8.31. The molecule has 0 bridgehead atoms. The van der Waals surface area contributed by atoms with Gasteiger partial charge in [-0.3, -0.25) is 9.59 Å². The monoisotopic (exact) mass is 215 g/mol. The van der Waals surface area contributed by atoms with Crippen molar-refractivity contribution < 1.29 is 9.90 Å². The van der Waals surface area contributed by atoms with Crippen LogP contribution in [0.25, 0.3) is 0 Å². The first kappa shape index (κ1) is 10.2. The number of rotatable bonds is 2. The predicted octanol–water partition coefficient (Wildman–Crippen LogP) is 1.31. The molecule has 4 heteroatoms. The van der Waals surface area contributed by atoms with E-state index >= 15 is 0 Å². The Hall–Kier alpha value is -2.36. The highest BCUT2D eigenvalue weighted by molar-refractivity contribution is 6.10. The molecule has 0 atom stereocenters. The lowest BCUT2D eigenvalue weighted by Crippen LogP contribution is -2.14. The van der Waals surface area contributed by atoms with E-state index in [2.05, 4.69) is 4.98 Å². The number of carbonyl (C=O) groups is 1. The second-order valence-corrected chi connectivity index (χ2v) is 3.27. The molecule has 0 spiro atoms. The third kappa shape index (κ3) is 1.72. The highest BCUT2D eigenvalue weighted by atomic mass is 16.3. The highest BCUT2D eigenvalue weighted by Gasteiger charge is 2.15. The van der Waals surface area contributed by atoms with Gasteiger partial charge in [-0.2, -0.15) is 0 Å². The molecule has 0 saturated carbocycles. The fourth-order valence-electron chi connectivity index (χ4n) is 1.40. The van der Waals surface area contributed by atoms with Crippen LogP contribution in [0.5, 0.6) is 5.75 Å². The second-order valence-electron chi connectivity index (χ2n) is 3.27. The van der Waals surface area contributed by atoms with E-state index in [0.29, 0.717) is 0 Å². The van der Waals surface area contributed by atoms with Crippen molar-refractivity contribution >= 4 is 5.78 Å². The van der Waals surface area contributed by atoms with Crippen molar-refractivity contribution in [2.45, 2.75) is 0 Å². The number of aromatic hydroxyl groups is 1. The molecule has 1 aromatic carbocycles. The van der Waals surface area contributed by atoms with E-state index in [4.69, 9.17) is 0 Å². The van der Waals surface area contributed by atoms with Gasteiger partial charge in [0.25, 0.3) is 0 Å². The van der Waals surface area contributed by atoms with E-state index in [1.165, 1.54) is 30.6 Å². The summed E-state index contributed by atoms with van der Waals surface area (Å²) in [5.41, 5.74) is -0.227. The molecule has 2 rings (SSSR count). The first-order chi connectivity index (χ1) is 7.70. The summed E-state index contributed by atoms with van der Waals surface area (Å²) in [4.78, 5) is 26.0. The average molecular weight is 215 g/mol. The third-order valence-electron chi connectivity index (χ3n) is 2.22. The van der Waals surface area contributed by atoms with Crippen molar-refractivity contribution in [1.82, 2.24) is 4.98 Å². The summed E-state index contributed by atoms with van der Waals surface area (Å²) < 4.78 is 0. The summed E-state index contributed by atoms with van der Waals surface area (Å²) in [5.74, 6) is -0.615. The number of phenols is 1. The van der Waals surface area contributed by atoms with Crippen LogP contribution in [0.4, 0.5) is 0 Å². The molecule has 0 radical (unpaired) electrons. The zero-order chi connectivity index (χ0) is 11.5. The van der Waals surface area contributed by atoms with E-state index in [1.807, 2.05) is 0 Å². The Kier molecular flexibility index (Phi) is 2.55. The Bertz CT molecular complexity index is 587. The van der Waals surface area contributed by atoms with Crippen molar-refractivity contribution in [2.24, 2.45) is 0 Å². The summed E-state index contributed by atoms with van der Waals surface area (Å²) in [5, 5.41) is 9.50. The van der Waals surface area contributed by atoms with E-state index in [0.717, 1.165) is 0 Å². The van der Waals surface area contributed by atoms with Gasteiger partial charge in [0.05, 0.1) is 11.1 Å². The molecular formula is C12H9NO3. The summed E-state index contributed by atoms with van der Waals surface area (Å²) in [6.45, 7) is 0. The molecule has 16 heavy (non-hydrogen) atoms. The van der Waals surface area contributed by atoms with Crippen LogP contribution in [-0.4, -0.2) is 15.9 Å². The van der Waals surface area contributed by atoms with Gasteiger partial charge in [0, 0.05) is 18.5 Å². The number of ketones is 1. The number of hydrogen-bond donors (Lipinski definition) is 2. The zero-order valence-corrected chi connectivity index (χ0v) is 8.31. The Morgan fingerprint density at radius 2 is 1.88 bits per heavy atom.